The van der Waals surface area contributed by atoms with Crippen LogP contribution in [0.15, 0.2) is 10.6 Å². The molecule has 2 saturated heterocycles. The van der Waals surface area contributed by atoms with Gasteiger partial charge < -0.3 is 14.3 Å². The molecule has 2 amide bonds. The van der Waals surface area contributed by atoms with Crippen molar-refractivity contribution < 1.29 is 14.1 Å². The van der Waals surface area contributed by atoms with Gasteiger partial charge in [0.25, 0.3) is 5.91 Å². The number of amides is 2. The van der Waals surface area contributed by atoms with Gasteiger partial charge in [-0.1, -0.05) is 32.3 Å². The van der Waals surface area contributed by atoms with Gasteiger partial charge in [0.1, 0.15) is 0 Å². The predicted molar refractivity (Wildman–Crippen MR) is 98.9 cm³/mol. The summed E-state index contributed by atoms with van der Waals surface area (Å²) in [6, 6.07) is 1.77. The fraction of sp³-hybridized carbons (Fsp3) is 0.750. The molecule has 144 valence electrons. The molecule has 0 saturated carbocycles. The molecule has 2 aliphatic heterocycles. The molecule has 1 aromatic heterocycles. The van der Waals surface area contributed by atoms with E-state index in [1.54, 1.807) is 6.07 Å². The number of hydrogen-bond acceptors (Lipinski definition) is 4. The van der Waals surface area contributed by atoms with Crippen LogP contribution in [0.4, 0.5) is 0 Å². The highest BCUT2D eigenvalue weighted by Gasteiger charge is 2.43. The number of rotatable bonds is 5. The molecule has 1 aromatic rings. The van der Waals surface area contributed by atoms with Crippen LogP contribution >= 0.6 is 0 Å². The van der Waals surface area contributed by atoms with Gasteiger partial charge in [-0.3, -0.25) is 9.59 Å². The van der Waals surface area contributed by atoms with Gasteiger partial charge >= 0.3 is 0 Å². The van der Waals surface area contributed by atoms with Gasteiger partial charge in [0, 0.05) is 44.1 Å². The molecule has 0 bridgehead atoms. The molecular weight excluding hydrogens is 330 g/mol. The zero-order valence-corrected chi connectivity index (χ0v) is 16.3. The van der Waals surface area contributed by atoms with Crippen LogP contribution in [0, 0.1) is 5.41 Å². The van der Waals surface area contributed by atoms with Crippen LogP contribution in [0.2, 0.25) is 0 Å². The van der Waals surface area contributed by atoms with Crippen LogP contribution in [0.3, 0.4) is 0 Å². The Labute approximate surface area is 155 Å². The minimum Gasteiger partial charge on any atom is -0.351 e. The summed E-state index contributed by atoms with van der Waals surface area (Å²) >= 11 is 0. The smallest absolute Gasteiger partial charge is 0.292 e. The molecule has 1 atom stereocenters. The Morgan fingerprint density at radius 1 is 1.35 bits per heavy atom. The molecule has 1 spiro atoms. The maximum Gasteiger partial charge on any atom is 0.292 e. The Bertz CT molecular complexity index is 654. The van der Waals surface area contributed by atoms with Gasteiger partial charge in [-0.2, -0.15) is 0 Å². The largest absolute Gasteiger partial charge is 0.351 e. The lowest BCUT2D eigenvalue weighted by Gasteiger charge is -2.48. The number of likely N-dealkylation sites (tertiary alicyclic amines) is 2. The minimum atomic E-state index is -0.0690. The van der Waals surface area contributed by atoms with Crippen molar-refractivity contribution in [3.63, 3.8) is 0 Å². The third-order valence-corrected chi connectivity index (χ3v) is 5.81. The number of aromatic nitrogens is 1. The lowest BCUT2D eigenvalue weighted by atomic mass is 9.73. The first-order valence-corrected chi connectivity index (χ1v) is 9.98. The van der Waals surface area contributed by atoms with E-state index in [2.05, 4.69) is 12.1 Å². The van der Waals surface area contributed by atoms with Crippen molar-refractivity contribution in [2.24, 2.45) is 5.41 Å². The highest BCUT2D eigenvalue weighted by atomic mass is 16.5. The van der Waals surface area contributed by atoms with Gasteiger partial charge in [-0.05, 0) is 31.6 Å². The van der Waals surface area contributed by atoms with E-state index in [-0.39, 0.29) is 23.1 Å². The lowest BCUT2D eigenvalue weighted by Crippen LogP contribution is -2.55. The topological polar surface area (TPSA) is 66.7 Å². The van der Waals surface area contributed by atoms with E-state index in [4.69, 9.17) is 4.52 Å². The average Bonchev–Trinajstić information content (AvgIpc) is 3.13. The molecule has 6 nitrogen and oxygen atoms in total. The predicted octanol–water partition coefficient (Wildman–Crippen LogP) is 3.44. The van der Waals surface area contributed by atoms with Crippen LogP contribution in [-0.4, -0.2) is 52.9 Å². The molecule has 0 N–H and O–H groups in total. The maximum atomic E-state index is 12.9. The van der Waals surface area contributed by atoms with Crippen LogP contribution < -0.4 is 0 Å². The Morgan fingerprint density at radius 2 is 2.15 bits per heavy atom. The summed E-state index contributed by atoms with van der Waals surface area (Å²) in [5, 5.41) is 4.02. The number of piperidine rings is 2. The summed E-state index contributed by atoms with van der Waals surface area (Å²) in [5.41, 5.74) is 0.852. The van der Waals surface area contributed by atoms with Crippen molar-refractivity contribution in [3.8, 4) is 0 Å². The molecule has 3 rings (SSSR count). The van der Waals surface area contributed by atoms with Crippen molar-refractivity contribution in [2.45, 2.75) is 65.2 Å². The van der Waals surface area contributed by atoms with Crippen molar-refractivity contribution in [1.82, 2.24) is 15.0 Å². The lowest BCUT2D eigenvalue weighted by molar-refractivity contribution is -0.139. The molecule has 2 aliphatic rings. The van der Waals surface area contributed by atoms with Crippen molar-refractivity contribution >= 4 is 11.8 Å². The minimum absolute atomic E-state index is 0.0382. The van der Waals surface area contributed by atoms with Crippen molar-refractivity contribution in [2.75, 3.05) is 26.2 Å². The quantitative estimate of drug-likeness (QED) is 0.806. The number of nitrogens with zero attached hydrogens (tertiary/aromatic N) is 3. The first kappa shape index (κ1) is 18.9. The summed E-state index contributed by atoms with van der Waals surface area (Å²) in [6.45, 7) is 9.29. The molecular formula is C20H31N3O3. The normalized spacial score (nSPS) is 23.9. The number of hydrogen-bond donors (Lipinski definition) is 0. The monoisotopic (exact) mass is 361 g/mol. The molecule has 26 heavy (non-hydrogen) atoms. The van der Waals surface area contributed by atoms with E-state index < -0.39 is 0 Å². The fourth-order valence-electron chi connectivity index (χ4n) is 4.19. The maximum absolute atomic E-state index is 12.9. The molecule has 0 aromatic carbocycles. The van der Waals surface area contributed by atoms with Gasteiger partial charge in [-0.15, -0.1) is 0 Å². The first-order chi connectivity index (χ1) is 12.4. The van der Waals surface area contributed by atoms with E-state index in [1.807, 2.05) is 23.6 Å². The van der Waals surface area contributed by atoms with E-state index in [1.165, 1.54) is 0 Å². The summed E-state index contributed by atoms with van der Waals surface area (Å²) in [6.07, 6.45) is 5.68. The Hall–Kier alpha value is -1.85. The third kappa shape index (κ3) is 3.94. The van der Waals surface area contributed by atoms with Gasteiger partial charge in [-0.25, -0.2) is 0 Å². The highest BCUT2D eigenvalue weighted by Crippen LogP contribution is 2.39. The van der Waals surface area contributed by atoms with Crippen molar-refractivity contribution in [1.29, 1.82) is 0 Å². The number of carbonyl (C=O) groups is 2. The molecule has 1 unspecified atom stereocenters. The Morgan fingerprint density at radius 3 is 2.85 bits per heavy atom. The zero-order valence-electron chi connectivity index (χ0n) is 16.3. The van der Waals surface area contributed by atoms with Crippen molar-refractivity contribution in [3.05, 3.63) is 17.5 Å². The van der Waals surface area contributed by atoms with Gasteiger partial charge in [0.15, 0.2) is 0 Å². The molecule has 3 heterocycles. The second-order valence-electron chi connectivity index (χ2n) is 8.27. The SMILES string of the molecule is CCCCN1CC2(CCCN(C(=O)c3cc(C(C)C)no3)C2)CCC1=O. The standard InChI is InChI=1S/C20H31N3O3/c1-4-5-10-22-13-20(9-7-18(22)24)8-6-11-23(14-20)19(25)17-12-16(15(2)3)21-26-17/h12,15H,4-11,13-14H2,1-3H3. The number of carbonyl (C=O) groups excluding carboxylic acids is 2. The van der Waals surface area contributed by atoms with Crippen LogP contribution in [0.5, 0.6) is 0 Å². The summed E-state index contributed by atoms with van der Waals surface area (Å²) in [4.78, 5) is 29.1. The second kappa shape index (κ2) is 7.80. The fourth-order valence-corrected chi connectivity index (χ4v) is 4.19. The second-order valence-corrected chi connectivity index (χ2v) is 8.27. The average molecular weight is 361 g/mol. The van der Waals surface area contributed by atoms with Gasteiger partial charge in [0.05, 0.1) is 5.69 Å². The highest BCUT2D eigenvalue weighted by molar-refractivity contribution is 5.91. The Balaban J connectivity index is 1.69. The molecule has 0 radical (unpaired) electrons. The van der Waals surface area contributed by atoms with E-state index in [0.717, 1.165) is 57.4 Å². The molecule has 0 aliphatic carbocycles. The van der Waals surface area contributed by atoms with Crippen LogP contribution in [-0.2, 0) is 4.79 Å². The summed E-state index contributed by atoms with van der Waals surface area (Å²) in [5.74, 6) is 0.773. The van der Waals surface area contributed by atoms with Crippen LogP contribution in [0.1, 0.15) is 81.5 Å². The number of unbranched alkanes of at least 4 members (excludes halogenated alkanes) is 1. The molecule has 2 fully saturated rings. The van der Waals surface area contributed by atoms with Gasteiger partial charge in [0.2, 0.25) is 11.7 Å². The van der Waals surface area contributed by atoms with Crippen LogP contribution in [0.25, 0.3) is 0 Å². The summed E-state index contributed by atoms with van der Waals surface area (Å²) < 4.78 is 5.30. The van der Waals surface area contributed by atoms with E-state index in [9.17, 15) is 9.59 Å². The first-order valence-electron chi connectivity index (χ1n) is 9.98. The summed E-state index contributed by atoms with van der Waals surface area (Å²) in [7, 11) is 0. The zero-order chi connectivity index (χ0) is 18.7. The Kier molecular flexibility index (Phi) is 5.68. The van der Waals surface area contributed by atoms with E-state index in [0.29, 0.717) is 18.7 Å². The third-order valence-electron chi connectivity index (χ3n) is 5.81. The molecule has 6 heteroatoms. The van der Waals surface area contributed by atoms with E-state index >= 15 is 0 Å².